The monoisotopic (exact) mass is 1190 g/mol. The minimum atomic E-state index is -4.24. The van der Waals surface area contributed by atoms with Crippen LogP contribution in [0.2, 0.25) is 0 Å². The van der Waals surface area contributed by atoms with Crippen LogP contribution in [0.5, 0.6) is 11.5 Å². The minimum absolute atomic E-state index is 0.0271. The molecule has 0 spiro atoms. The van der Waals surface area contributed by atoms with Gasteiger partial charge < -0.3 is 60.2 Å². The van der Waals surface area contributed by atoms with Crippen molar-refractivity contribution in [2.45, 2.75) is 125 Å². The second-order valence-corrected chi connectivity index (χ2v) is 25.2. The lowest BCUT2D eigenvalue weighted by Gasteiger charge is -2.29. The van der Waals surface area contributed by atoms with Crippen LogP contribution in [0.25, 0.3) is 10.8 Å². The van der Waals surface area contributed by atoms with Crippen molar-refractivity contribution in [1.29, 1.82) is 0 Å². The molecule has 7 rings (SSSR count). The summed E-state index contributed by atoms with van der Waals surface area (Å²) in [5.41, 5.74) is 11.2. The number of carbonyl (C=O) groups is 2. The summed E-state index contributed by atoms with van der Waals surface area (Å²) in [6.45, 7) is 18.7. The second kappa shape index (κ2) is 29.6. The number of aliphatic hydroxyl groups excluding tert-OH is 4. The molecule has 3 aromatic carbocycles. The van der Waals surface area contributed by atoms with Crippen LogP contribution in [0.4, 0.5) is 0 Å². The topological polar surface area (TPSA) is 337 Å². The zero-order valence-corrected chi connectivity index (χ0v) is 48.9. The number of nitrogens with zero attached hydrogens (tertiary/aromatic N) is 6. The van der Waals surface area contributed by atoms with Crippen LogP contribution in [-0.4, -0.2) is 151 Å². The zero-order valence-electron chi connectivity index (χ0n) is 45.5. The Morgan fingerprint density at radius 1 is 0.637 bits per heavy atom. The summed E-state index contributed by atoms with van der Waals surface area (Å²) in [5, 5.41) is 47.0. The van der Waals surface area contributed by atoms with E-state index in [0.717, 1.165) is 31.1 Å². The number of thioether (sulfide) groups is 2. The Morgan fingerprint density at radius 2 is 1.06 bits per heavy atom. The van der Waals surface area contributed by atoms with Crippen LogP contribution in [0.15, 0.2) is 118 Å². The molecule has 0 aliphatic carbocycles. The number of guanidine groups is 2. The largest absolute Gasteiger partial charge is 0.464 e. The molecular formula is C52H74N10O14P2S2. The Hall–Kier alpha value is -5.34. The Morgan fingerprint density at radius 3 is 1.51 bits per heavy atom. The number of fused-ring (bicyclic) bond motifs is 1. The molecular weight excluding hydrogens is 1110 g/mol. The van der Waals surface area contributed by atoms with E-state index >= 15 is 0 Å². The predicted molar refractivity (Wildman–Crippen MR) is 311 cm³/mol. The van der Waals surface area contributed by atoms with Crippen LogP contribution in [-0.2, 0) is 37.2 Å². The van der Waals surface area contributed by atoms with E-state index in [-0.39, 0.29) is 73.3 Å². The Labute approximate surface area is 474 Å². The number of hydrogen-bond acceptors (Lipinski definition) is 24. The van der Waals surface area contributed by atoms with E-state index in [4.69, 9.17) is 39.0 Å². The Balaban J connectivity index is 0.000000259. The van der Waals surface area contributed by atoms with Gasteiger partial charge in [-0.15, -0.1) is 23.5 Å². The van der Waals surface area contributed by atoms with Crippen molar-refractivity contribution in [2.24, 2.45) is 43.3 Å². The first-order valence-electron chi connectivity index (χ1n) is 26.2. The average Bonchev–Trinajstić information content (AvgIpc) is 4.00. The Kier molecular flexibility index (Phi) is 23.6. The molecule has 10 N–H and O–H groups in total. The molecule has 0 radical (unpaired) electrons. The lowest BCUT2D eigenvalue weighted by Crippen LogP contribution is -2.43. The predicted octanol–water partition coefficient (Wildman–Crippen LogP) is 6.03. The molecule has 4 aliphatic heterocycles. The van der Waals surface area contributed by atoms with E-state index in [0.29, 0.717) is 5.39 Å². The van der Waals surface area contributed by atoms with Crippen LogP contribution in [0, 0.1) is 11.8 Å². The highest BCUT2D eigenvalue weighted by molar-refractivity contribution is 8.01. The van der Waals surface area contributed by atoms with Crippen molar-refractivity contribution in [3.63, 3.8) is 0 Å². The molecule has 0 amide bonds. The maximum absolute atomic E-state index is 14.2. The van der Waals surface area contributed by atoms with Crippen molar-refractivity contribution in [3.05, 3.63) is 97.6 Å². The SMILES string of the molecule is C=C1N=C(N)N=CN1[C@@H]1S[C@H](COP(=O)(N[C@@H](C)C(=O)OCC(CC)CC)Oc2cccc3ccccc23)[C@H](O)C1O.C=C1N=C(N)N=CN1[C@@H]1S[C@H](COP(=O)(N[C@@H](C)C(=O)OCC(CC)CC)Oc2ccccc2)[C@H](O)C1O. The van der Waals surface area contributed by atoms with Crippen LogP contribution in [0.1, 0.15) is 67.2 Å². The van der Waals surface area contributed by atoms with Gasteiger partial charge in [-0.25, -0.2) is 19.1 Å². The van der Waals surface area contributed by atoms with E-state index in [1.54, 1.807) is 42.5 Å². The molecule has 438 valence electrons. The first kappa shape index (κ1) is 63.8. The molecule has 0 saturated carbocycles. The van der Waals surface area contributed by atoms with Gasteiger partial charge in [-0.1, -0.05) is 121 Å². The third-order valence-corrected chi connectivity index (χ3v) is 19.7. The number of para-hydroxylation sites is 1. The number of benzene rings is 3. The molecule has 0 bridgehead atoms. The van der Waals surface area contributed by atoms with Gasteiger partial charge in [0.1, 0.15) is 70.9 Å². The summed E-state index contributed by atoms with van der Waals surface area (Å²) < 4.78 is 62.1. The first-order valence-corrected chi connectivity index (χ1v) is 31.1. The quantitative estimate of drug-likeness (QED) is 0.0336. The third kappa shape index (κ3) is 17.1. The van der Waals surface area contributed by atoms with Crippen molar-refractivity contribution in [3.8, 4) is 11.5 Å². The maximum atomic E-state index is 14.2. The highest BCUT2D eigenvalue weighted by atomic mass is 32.2. The molecule has 4 aliphatic rings. The van der Waals surface area contributed by atoms with Crippen LogP contribution < -0.4 is 30.7 Å². The third-order valence-electron chi connectivity index (χ3n) is 13.3. The fraction of sp³-hybridized carbons (Fsp3) is 0.500. The van der Waals surface area contributed by atoms with Crippen molar-refractivity contribution in [2.75, 3.05) is 26.4 Å². The number of nitrogens with one attached hydrogen (secondary N) is 2. The second-order valence-electron chi connectivity index (χ2n) is 19.1. The fourth-order valence-corrected chi connectivity index (χ4v) is 14.4. The number of aliphatic imine (C=N–C) groups is 4. The highest BCUT2D eigenvalue weighted by Crippen LogP contribution is 2.50. The summed E-state index contributed by atoms with van der Waals surface area (Å²) in [4.78, 5) is 44.3. The molecule has 12 atom stereocenters. The van der Waals surface area contributed by atoms with Gasteiger partial charge in [0, 0.05) is 5.39 Å². The number of ether oxygens (including phenoxy) is 2. The Bertz CT molecular complexity index is 2830. The van der Waals surface area contributed by atoms with E-state index in [9.17, 15) is 39.1 Å². The van der Waals surface area contributed by atoms with Gasteiger partial charge in [0.2, 0.25) is 11.9 Å². The summed E-state index contributed by atoms with van der Waals surface area (Å²) in [7, 11) is -8.38. The van der Waals surface area contributed by atoms with Crippen LogP contribution in [0.3, 0.4) is 0 Å². The highest BCUT2D eigenvalue weighted by Gasteiger charge is 2.49. The number of hydrogen-bond donors (Lipinski definition) is 8. The average molecular weight is 1190 g/mol. The fourth-order valence-electron chi connectivity index (χ4n) is 8.26. The van der Waals surface area contributed by atoms with E-state index in [1.165, 1.54) is 59.8 Å². The molecule has 4 unspecified atom stereocenters. The van der Waals surface area contributed by atoms with E-state index in [2.05, 4.69) is 43.3 Å². The molecule has 24 nitrogen and oxygen atoms in total. The van der Waals surface area contributed by atoms with Gasteiger partial charge in [0.25, 0.3) is 0 Å². The lowest BCUT2D eigenvalue weighted by atomic mass is 10.1. The smallest absolute Gasteiger partial charge is 0.459 e. The molecule has 4 heterocycles. The maximum Gasteiger partial charge on any atom is 0.459 e. The van der Waals surface area contributed by atoms with Gasteiger partial charge in [0.05, 0.1) is 49.1 Å². The number of carbonyl (C=O) groups excluding carboxylic acids is 2. The van der Waals surface area contributed by atoms with Gasteiger partial charge in [-0.2, -0.15) is 20.2 Å². The molecule has 28 heteroatoms. The van der Waals surface area contributed by atoms with Gasteiger partial charge in [0.15, 0.2) is 0 Å². The van der Waals surface area contributed by atoms with Crippen LogP contribution >= 0.6 is 39.0 Å². The van der Waals surface area contributed by atoms with Gasteiger partial charge >= 0.3 is 27.4 Å². The van der Waals surface area contributed by atoms with E-state index in [1.807, 2.05) is 58.0 Å². The molecule has 2 saturated heterocycles. The normalized spacial score (nSPS) is 25.1. The van der Waals surface area contributed by atoms with Gasteiger partial charge in [-0.3, -0.25) is 18.6 Å². The number of esters is 2. The molecule has 2 fully saturated rings. The lowest BCUT2D eigenvalue weighted by molar-refractivity contribution is -0.147. The standard InChI is InChI=1S/C28H38N5O7PS.C24H36N5O7PS/c1-5-19(6-2)14-38-27(36)17(3)32-41(37,40-22-13-9-11-20-10-7-8-12-21(20)22)39-15-23-24(34)25(35)26(42-23)33-16-30-28(29)31-18(33)4;1-5-17(6-2)12-34-23(32)15(3)28-37(33,36-18-10-8-7-9-11-18)35-13-19-20(30)21(31)22(38-19)29-14-26-24(25)27-16(29)4/h7-13,16-17,19,23-26,34-35H,4-6,14-15H2,1-3H3,(H2,29,31)(H,32,37);7-11,14-15,17,19-22,30-31H,4-6,12-13H2,1-3H3,(H2,25,27)(H,28,33)/t17-,23+,24-,25?,26+,41?;15-,19+,20-,21?,22+,37?/m00/s1. The summed E-state index contributed by atoms with van der Waals surface area (Å²) >= 11 is 2.34. The first-order chi connectivity index (χ1) is 38.1. The summed E-state index contributed by atoms with van der Waals surface area (Å²) in [6, 6.07) is 19.1. The summed E-state index contributed by atoms with van der Waals surface area (Å²) in [6.07, 6.45) is 1.29. The number of nitrogens with two attached hydrogens (primary N) is 2. The number of rotatable bonds is 26. The number of aliphatic hydroxyl groups is 4. The molecule has 80 heavy (non-hydrogen) atoms. The summed E-state index contributed by atoms with van der Waals surface area (Å²) in [5.74, 6) is 0.374. The van der Waals surface area contributed by atoms with Gasteiger partial charge in [-0.05, 0) is 49.3 Å². The zero-order chi connectivity index (χ0) is 58.3. The molecule has 0 aromatic heterocycles. The molecule has 3 aromatic rings. The minimum Gasteiger partial charge on any atom is -0.464 e. The van der Waals surface area contributed by atoms with E-state index < -0.39 is 85.2 Å². The van der Waals surface area contributed by atoms with Crippen molar-refractivity contribution in [1.82, 2.24) is 20.0 Å². The van der Waals surface area contributed by atoms with Crippen molar-refractivity contribution >= 4 is 86.3 Å². The van der Waals surface area contributed by atoms with Crippen molar-refractivity contribution < 1.29 is 66.7 Å².